The Kier molecular flexibility index (Phi) is 4.14. The van der Waals surface area contributed by atoms with Gasteiger partial charge in [-0.25, -0.2) is 4.98 Å². The highest BCUT2D eigenvalue weighted by molar-refractivity contribution is 5.96. The highest BCUT2D eigenvalue weighted by atomic mass is 16.4. The van der Waals surface area contributed by atoms with E-state index < -0.39 is 17.8 Å². The summed E-state index contributed by atoms with van der Waals surface area (Å²) in [5, 5.41) is 9.22. The van der Waals surface area contributed by atoms with E-state index in [9.17, 15) is 14.7 Å². The zero-order chi connectivity index (χ0) is 13.8. The summed E-state index contributed by atoms with van der Waals surface area (Å²) in [6.07, 6.45) is 4.65. The number of pyridine rings is 1. The lowest BCUT2D eigenvalue weighted by molar-refractivity contribution is -0.148. The van der Waals surface area contributed by atoms with Gasteiger partial charge in [0.25, 0.3) is 0 Å². The van der Waals surface area contributed by atoms with Crippen molar-refractivity contribution in [1.29, 1.82) is 0 Å². The zero-order valence-electron chi connectivity index (χ0n) is 11.0. The van der Waals surface area contributed by atoms with Crippen LogP contribution in [0.4, 0.5) is 5.82 Å². The maximum atomic E-state index is 12.4. The van der Waals surface area contributed by atoms with Crippen molar-refractivity contribution in [3.05, 3.63) is 24.4 Å². The van der Waals surface area contributed by atoms with E-state index in [1.807, 2.05) is 6.07 Å². The number of carboxylic acid groups (broad SMARTS) is 1. The monoisotopic (exact) mass is 262 g/mol. The molecule has 1 aromatic heterocycles. The lowest BCUT2D eigenvalue weighted by atomic mass is 9.78. The first-order valence-corrected chi connectivity index (χ1v) is 6.52. The molecule has 2 atom stereocenters. The second kappa shape index (κ2) is 5.82. The van der Waals surface area contributed by atoms with Crippen LogP contribution in [0.25, 0.3) is 0 Å². The SMILES string of the molecule is CN(C(=O)C1CCCCC1C(=O)O)c1ccccn1. The quantitative estimate of drug-likeness (QED) is 0.903. The van der Waals surface area contributed by atoms with Crippen molar-refractivity contribution in [3.8, 4) is 0 Å². The number of amides is 1. The molecule has 1 saturated carbocycles. The third-order valence-electron chi connectivity index (χ3n) is 3.72. The van der Waals surface area contributed by atoms with Crippen LogP contribution in [0.3, 0.4) is 0 Å². The Morgan fingerprint density at radius 3 is 2.53 bits per heavy atom. The Labute approximate surface area is 112 Å². The molecule has 1 heterocycles. The third kappa shape index (κ3) is 2.92. The largest absolute Gasteiger partial charge is 0.481 e. The van der Waals surface area contributed by atoms with E-state index in [-0.39, 0.29) is 5.91 Å². The fraction of sp³-hybridized carbons (Fsp3) is 0.500. The van der Waals surface area contributed by atoms with E-state index in [1.54, 1.807) is 25.4 Å². The van der Waals surface area contributed by atoms with Gasteiger partial charge in [-0.05, 0) is 25.0 Å². The van der Waals surface area contributed by atoms with E-state index >= 15 is 0 Å². The van der Waals surface area contributed by atoms with Crippen molar-refractivity contribution in [2.75, 3.05) is 11.9 Å². The van der Waals surface area contributed by atoms with E-state index in [1.165, 1.54) is 4.90 Å². The molecular weight excluding hydrogens is 244 g/mol. The standard InChI is InChI=1S/C14H18N2O3/c1-16(12-8-4-5-9-15-12)13(17)10-6-2-3-7-11(10)14(18)19/h4-5,8-11H,2-3,6-7H2,1H3,(H,18,19). The fourth-order valence-electron chi connectivity index (χ4n) is 2.64. The topological polar surface area (TPSA) is 70.5 Å². The Morgan fingerprint density at radius 2 is 1.95 bits per heavy atom. The molecule has 0 aromatic carbocycles. The number of hydrogen-bond acceptors (Lipinski definition) is 3. The van der Waals surface area contributed by atoms with Gasteiger partial charge in [0.05, 0.1) is 11.8 Å². The minimum atomic E-state index is -0.868. The number of carbonyl (C=O) groups is 2. The molecule has 19 heavy (non-hydrogen) atoms. The van der Waals surface area contributed by atoms with Gasteiger partial charge in [-0.1, -0.05) is 18.9 Å². The van der Waals surface area contributed by atoms with Crippen LogP contribution in [-0.2, 0) is 9.59 Å². The number of carbonyl (C=O) groups excluding carboxylic acids is 1. The number of aromatic nitrogens is 1. The van der Waals surface area contributed by atoms with Gasteiger partial charge < -0.3 is 5.11 Å². The molecule has 1 aliphatic carbocycles. The molecule has 2 rings (SSSR count). The molecule has 1 amide bonds. The van der Waals surface area contributed by atoms with Crippen LogP contribution in [0.15, 0.2) is 24.4 Å². The molecule has 0 saturated heterocycles. The van der Waals surface area contributed by atoms with Gasteiger partial charge in [0.15, 0.2) is 0 Å². The number of nitrogens with zero attached hydrogens (tertiary/aromatic N) is 2. The smallest absolute Gasteiger partial charge is 0.307 e. The van der Waals surface area contributed by atoms with Crippen LogP contribution in [0.2, 0.25) is 0 Å². The van der Waals surface area contributed by atoms with Crippen molar-refractivity contribution in [2.24, 2.45) is 11.8 Å². The number of anilines is 1. The maximum absolute atomic E-state index is 12.4. The Morgan fingerprint density at radius 1 is 1.26 bits per heavy atom. The van der Waals surface area contributed by atoms with Gasteiger partial charge in [0.2, 0.25) is 5.91 Å². The molecule has 0 spiro atoms. The van der Waals surface area contributed by atoms with Crippen molar-refractivity contribution in [2.45, 2.75) is 25.7 Å². The van der Waals surface area contributed by atoms with Crippen LogP contribution < -0.4 is 4.90 Å². The normalized spacial score (nSPS) is 22.8. The van der Waals surface area contributed by atoms with Crippen molar-refractivity contribution in [1.82, 2.24) is 4.98 Å². The van der Waals surface area contributed by atoms with Gasteiger partial charge in [-0.2, -0.15) is 0 Å². The number of rotatable bonds is 3. The summed E-state index contributed by atoms with van der Waals surface area (Å²) in [4.78, 5) is 29.3. The second-order valence-corrected chi connectivity index (χ2v) is 4.92. The van der Waals surface area contributed by atoms with E-state index in [4.69, 9.17) is 0 Å². The minimum absolute atomic E-state index is 0.147. The average molecular weight is 262 g/mol. The van der Waals surface area contributed by atoms with Gasteiger partial charge in [0.1, 0.15) is 5.82 Å². The van der Waals surface area contributed by atoms with Crippen LogP contribution in [-0.4, -0.2) is 29.0 Å². The molecule has 102 valence electrons. The first-order valence-electron chi connectivity index (χ1n) is 6.52. The van der Waals surface area contributed by atoms with Gasteiger partial charge >= 0.3 is 5.97 Å². The predicted molar refractivity (Wildman–Crippen MR) is 70.7 cm³/mol. The summed E-state index contributed by atoms with van der Waals surface area (Å²) in [5.41, 5.74) is 0. The molecule has 1 N–H and O–H groups in total. The second-order valence-electron chi connectivity index (χ2n) is 4.92. The Balaban J connectivity index is 2.15. The lowest BCUT2D eigenvalue weighted by Crippen LogP contribution is -2.41. The predicted octanol–water partition coefficient (Wildman–Crippen LogP) is 1.94. The summed E-state index contributed by atoms with van der Waals surface area (Å²) in [6.45, 7) is 0. The van der Waals surface area contributed by atoms with Crippen molar-refractivity contribution < 1.29 is 14.7 Å². The summed E-state index contributed by atoms with van der Waals surface area (Å²) < 4.78 is 0. The van der Waals surface area contributed by atoms with Crippen molar-refractivity contribution in [3.63, 3.8) is 0 Å². The third-order valence-corrected chi connectivity index (χ3v) is 3.72. The molecule has 0 bridgehead atoms. The lowest BCUT2D eigenvalue weighted by Gasteiger charge is -2.30. The van der Waals surface area contributed by atoms with E-state index in [0.717, 1.165) is 12.8 Å². The molecule has 0 radical (unpaired) electrons. The first kappa shape index (κ1) is 13.5. The number of carboxylic acids is 1. The van der Waals surface area contributed by atoms with E-state index in [2.05, 4.69) is 4.98 Å². The summed E-state index contributed by atoms with van der Waals surface area (Å²) in [6, 6.07) is 5.33. The Hall–Kier alpha value is -1.91. The highest BCUT2D eigenvalue weighted by Gasteiger charge is 2.37. The molecule has 5 nitrogen and oxygen atoms in total. The summed E-state index contributed by atoms with van der Waals surface area (Å²) in [7, 11) is 1.65. The molecule has 1 aliphatic rings. The fourth-order valence-corrected chi connectivity index (χ4v) is 2.64. The molecule has 0 aliphatic heterocycles. The molecular formula is C14H18N2O3. The molecule has 2 unspecified atom stereocenters. The number of aliphatic carboxylic acids is 1. The Bertz CT molecular complexity index is 461. The van der Waals surface area contributed by atoms with Gasteiger partial charge in [0, 0.05) is 13.2 Å². The highest BCUT2D eigenvalue weighted by Crippen LogP contribution is 2.32. The van der Waals surface area contributed by atoms with Crippen LogP contribution in [0, 0.1) is 11.8 Å². The van der Waals surface area contributed by atoms with Crippen molar-refractivity contribution >= 4 is 17.7 Å². The molecule has 5 heteroatoms. The maximum Gasteiger partial charge on any atom is 0.307 e. The van der Waals surface area contributed by atoms with E-state index in [0.29, 0.717) is 18.7 Å². The average Bonchev–Trinajstić information content (AvgIpc) is 2.46. The number of hydrogen-bond donors (Lipinski definition) is 1. The summed E-state index contributed by atoms with van der Waals surface area (Å²) in [5.74, 6) is -1.45. The van der Waals surface area contributed by atoms with Crippen LogP contribution >= 0.6 is 0 Å². The van der Waals surface area contributed by atoms with Crippen LogP contribution in [0.1, 0.15) is 25.7 Å². The molecule has 1 fully saturated rings. The zero-order valence-corrected chi connectivity index (χ0v) is 11.0. The molecule has 1 aromatic rings. The van der Waals surface area contributed by atoms with Crippen LogP contribution in [0.5, 0.6) is 0 Å². The summed E-state index contributed by atoms with van der Waals surface area (Å²) >= 11 is 0. The van der Waals surface area contributed by atoms with Gasteiger partial charge in [-0.3, -0.25) is 14.5 Å². The first-order chi connectivity index (χ1) is 9.11. The minimum Gasteiger partial charge on any atom is -0.481 e. The van der Waals surface area contributed by atoms with Gasteiger partial charge in [-0.15, -0.1) is 0 Å².